The summed E-state index contributed by atoms with van der Waals surface area (Å²) >= 11 is 1.57. The van der Waals surface area contributed by atoms with Gasteiger partial charge in [0.1, 0.15) is 0 Å². The van der Waals surface area contributed by atoms with E-state index in [0.29, 0.717) is 18.3 Å². The van der Waals surface area contributed by atoms with Gasteiger partial charge >= 0.3 is 0 Å². The highest BCUT2D eigenvalue weighted by Gasteiger charge is 2.14. The molecule has 0 fully saturated rings. The smallest absolute Gasteiger partial charge is 0.268 e. The van der Waals surface area contributed by atoms with Crippen molar-refractivity contribution >= 4 is 11.3 Å². The van der Waals surface area contributed by atoms with Crippen LogP contribution in [0.2, 0.25) is 0 Å². The maximum atomic E-state index is 9.03. The zero-order chi connectivity index (χ0) is 12.3. The van der Waals surface area contributed by atoms with Crippen molar-refractivity contribution in [1.29, 1.82) is 0 Å². The zero-order valence-corrected chi connectivity index (χ0v) is 10.6. The molecule has 0 aliphatic carbocycles. The number of likely N-dealkylation sites (N-methyl/N-ethyl adjacent to an activating group) is 1. The van der Waals surface area contributed by atoms with E-state index in [-0.39, 0.29) is 12.6 Å². The highest BCUT2D eigenvalue weighted by molar-refractivity contribution is 7.13. The van der Waals surface area contributed by atoms with Gasteiger partial charge in [-0.15, -0.1) is 11.3 Å². The molecule has 0 spiro atoms. The van der Waals surface area contributed by atoms with Gasteiger partial charge in [-0.05, 0) is 25.4 Å². The van der Waals surface area contributed by atoms with E-state index in [0.717, 1.165) is 4.88 Å². The standard InChI is InChI=1S/C11H15N3O2S/c1-8(7-15)14(2)6-10-12-11(16-13-10)9-4-3-5-17-9/h3-5,8,15H,6-7H2,1-2H3. The maximum absolute atomic E-state index is 9.03. The summed E-state index contributed by atoms with van der Waals surface area (Å²) in [6, 6.07) is 3.98. The zero-order valence-electron chi connectivity index (χ0n) is 9.83. The summed E-state index contributed by atoms with van der Waals surface area (Å²) in [5.41, 5.74) is 0. The summed E-state index contributed by atoms with van der Waals surface area (Å²) in [4.78, 5) is 7.27. The van der Waals surface area contributed by atoms with E-state index in [1.165, 1.54) is 0 Å². The minimum atomic E-state index is 0.0821. The molecule has 0 saturated heterocycles. The van der Waals surface area contributed by atoms with Crippen LogP contribution in [0.4, 0.5) is 0 Å². The maximum Gasteiger partial charge on any atom is 0.268 e. The first-order chi connectivity index (χ1) is 8.20. The van der Waals surface area contributed by atoms with Gasteiger partial charge in [-0.3, -0.25) is 4.90 Å². The summed E-state index contributed by atoms with van der Waals surface area (Å²) in [7, 11) is 1.92. The Labute approximate surface area is 104 Å². The van der Waals surface area contributed by atoms with E-state index in [1.54, 1.807) is 11.3 Å². The van der Waals surface area contributed by atoms with Crippen molar-refractivity contribution in [3.05, 3.63) is 23.3 Å². The molecular weight excluding hydrogens is 238 g/mol. The van der Waals surface area contributed by atoms with E-state index < -0.39 is 0 Å². The third-order valence-corrected chi connectivity index (χ3v) is 3.47. The highest BCUT2D eigenvalue weighted by Crippen LogP contribution is 2.22. The first kappa shape index (κ1) is 12.2. The third-order valence-electron chi connectivity index (χ3n) is 2.61. The van der Waals surface area contributed by atoms with Crippen LogP contribution in [0.15, 0.2) is 22.0 Å². The Morgan fingerprint density at radius 3 is 3.06 bits per heavy atom. The molecule has 0 bridgehead atoms. The Morgan fingerprint density at radius 1 is 1.59 bits per heavy atom. The highest BCUT2D eigenvalue weighted by atomic mass is 32.1. The Morgan fingerprint density at radius 2 is 2.41 bits per heavy atom. The molecule has 0 aliphatic rings. The minimum absolute atomic E-state index is 0.0821. The minimum Gasteiger partial charge on any atom is -0.395 e. The number of hydrogen-bond acceptors (Lipinski definition) is 6. The van der Waals surface area contributed by atoms with Crippen LogP contribution in [0.1, 0.15) is 12.7 Å². The van der Waals surface area contributed by atoms with Crippen LogP contribution >= 0.6 is 11.3 Å². The molecule has 2 aromatic heterocycles. The molecule has 1 N–H and O–H groups in total. The molecule has 1 atom stereocenters. The van der Waals surface area contributed by atoms with Crippen LogP contribution in [0.25, 0.3) is 10.8 Å². The second-order valence-corrected chi connectivity index (χ2v) is 4.89. The molecule has 2 aromatic rings. The largest absolute Gasteiger partial charge is 0.395 e. The van der Waals surface area contributed by atoms with Gasteiger partial charge in [0.2, 0.25) is 0 Å². The number of nitrogens with zero attached hydrogens (tertiary/aromatic N) is 3. The quantitative estimate of drug-likeness (QED) is 0.877. The molecule has 0 aromatic carbocycles. The first-order valence-corrected chi connectivity index (χ1v) is 6.26. The molecule has 1 unspecified atom stereocenters. The van der Waals surface area contributed by atoms with Crippen molar-refractivity contribution in [1.82, 2.24) is 15.0 Å². The summed E-state index contributed by atoms with van der Waals surface area (Å²) in [6.45, 7) is 2.63. The Balaban J connectivity index is 2.04. The lowest BCUT2D eigenvalue weighted by Gasteiger charge is -2.20. The normalized spacial score (nSPS) is 13.2. The molecule has 2 rings (SSSR count). The molecule has 92 valence electrons. The molecule has 0 saturated carbocycles. The van der Waals surface area contributed by atoms with Crippen LogP contribution in [0.3, 0.4) is 0 Å². The van der Waals surface area contributed by atoms with E-state index in [4.69, 9.17) is 9.63 Å². The van der Waals surface area contributed by atoms with Gasteiger partial charge in [-0.25, -0.2) is 0 Å². The fourth-order valence-electron chi connectivity index (χ4n) is 1.34. The van der Waals surface area contributed by atoms with Crippen LogP contribution < -0.4 is 0 Å². The van der Waals surface area contributed by atoms with Crippen LogP contribution in [0, 0.1) is 0 Å². The van der Waals surface area contributed by atoms with E-state index in [2.05, 4.69) is 10.1 Å². The second-order valence-electron chi connectivity index (χ2n) is 3.94. The SMILES string of the molecule is CC(CO)N(C)Cc1noc(-c2cccs2)n1. The molecule has 17 heavy (non-hydrogen) atoms. The second kappa shape index (κ2) is 5.39. The van der Waals surface area contributed by atoms with Gasteiger partial charge in [0.25, 0.3) is 5.89 Å². The van der Waals surface area contributed by atoms with Gasteiger partial charge in [0, 0.05) is 6.04 Å². The van der Waals surface area contributed by atoms with Crippen molar-refractivity contribution < 1.29 is 9.63 Å². The lowest BCUT2D eigenvalue weighted by atomic mass is 10.3. The van der Waals surface area contributed by atoms with Crippen molar-refractivity contribution in [2.24, 2.45) is 0 Å². The third kappa shape index (κ3) is 2.91. The lowest BCUT2D eigenvalue weighted by molar-refractivity contribution is 0.150. The van der Waals surface area contributed by atoms with E-state index in [9.17, 15) is 0 Å². The first-order valence-electron chi connectivity index (χ1n) is 5.38. The summed E-state index contributed by atoms with van der Waals surface area (Å²) in [5, 5.41) is 14.9. The van der Waals surface area contributed by atoms with Gasteiger partial charge in [0.15, 0.2) is 5.82 Å². The summed E-state index contributed by atoms with van der Waals surface area (Å²) in [6.07, 6.45) is 0. The van der Waals surface area contributed by atoms with E-state index in [1.807, 2.05) is 36.4 Å². The lowest BCUT2D eigenvalue weighted by Crippen LogP contribution is -2.31. The average molecular weight is 253 g/mol. The molecular formula is C11H15N3O2S. The number of aliphatic hydroxyl groups is 1. The molecule has 0 aliphatic heterocycles. The monoisotopic (exact) mass is 253 g/mol. The number of thiophene rings is 1. The van der Waals surface area contributed by atoms with Crippen molar-refractivity contribution in [2.75, 3.05) is 13.7 Å². The molecule has 0 radical (unpaired) electrons. The average Bonchev–Trinajstić information content (AvgIpc) is 2.97. The fraction of sp³-hybridized carbons (Fsp3) is 0.455. The summed E-state index contributed by atoms with van der Waals surface area (Å²) < 4.78 is 5.18. The van der Waals surface area contributed by atoms with Crippen molar-refractivity contribution in [2.45, 2.75) is 19.5 Å². The number of aliphatic hydroxyl groups excluding tert-OH is 1. The number of aromatic nitrogens is 2. The summed E-state index contributed by atoms with van der Waals surface area (Å²) in [5.74, 6) is 1.19. The fourth-order valence-corrected chi connectivity index (χ4v) is 1.98. The predicted molar refractivity (Wildman–Crippen MR) is 65.6 cm³/mol. The van der Waals surface area contributed by atoms with Gasteiger partial charge in [-0.2, -0.15) is 4.98 Å². The molecule has 0 amide bonds. The Kier molecular flexibility index (Phi) is 3.88. The van der Waals surface area contributed by atoms with Crippen molar-refractivity contribution in [3.63, 3.8) is 0 Å². The number of hydrogen-bond donors (Lipinski definition) is 1. The molecule has 6 heteroatoms. The van der Waals surface area contributed by atoms with Crippen LogP contribution in [0.5, 0.6) is 0 Å². The molecule has 2 heterocycles. The molecule has 5 nitrogen and oxygen atoms in total. The number of rotatable bonds is 5. The van der Waals surface area contributed by atoms with Gasteiger partial charge in [-0.1, -0.05) is 11.2 Å². The van der Waals surface area contributed by atoms with Gasteiger partial charge in [0.05, 0.1) is 18.0 Å². The van der Waals surface area contributed by atoms with Crippen LogP contribution in [-0.2, 0) is 6.54 Å². The van der Waals surface area contributed by atoms with E-state index >= 15 is 0 Å². The predicted octanol–water partition coefficient (Wildman–Crippen LogP) is 1.61. The Bertz CT molecular complexity index is 455. The topological polar surface area (TPSA) is 62.4 Å². The van der Waals surface area contributed by atoms with Gasteiger partial charge < -0.3 is 9.63 Å². The Hall–Kier alpha value is -1.24. The van der Waals surface area contributed by atoms with Crippen LogP contribution in [-0.4, -0.2) is 39.8 Å². The van der Waals surface area contributed by atoms with Crippen molar-refractivity contribution in [3.8, 4) is 10.8 Å².